The quantitative estimate of drug-likeness (QED) is 0.471. The minimum atomic E-state index is 0.356. The second-order valence-electron chi connectivity index (χ2n) is 2.56. The average Bonchev–Trinajstić information content (AvgIpc) is 1.30. The average molecular weight is 116 g/mol. The first-order valence-electron chi connectivity index (χ1n) is 2.36. The van der Waals surface area contributed by atoms with E-state index in [0.717, 1.165) is 0 Å². The van der Waals surface area contributed by atoms with Crippen LogP contribution in [0.15, 0.2) is 0 Å². The smallest absolute Gasteiger partial charge is 0.235 e. The zero-order valence-corrected chi connectivity index (χ0v) is 6.41. The van der Waals surface area contributed by atoms with E-state index in [1.165, 1.54) is 0 Å². The van der Waals surface area contributed by atoms with Crippen LogP contribution in [-0.4, -0.2) is 16.9 Å². The lowest BCUT2D eigenvalue weighted by molar-refractivity contribution is 0.416. The first-order chi connectivity index (χ1) is 3.06. The molecule has 42 valence electrons. The van der Waals surface area contributed by atoms with E-state index in [4.69, 9.17) is 4.43 Å². The van der Waals surface area contributed by atoms with E-state index >= 15 is 0 Å². The van der Waals surface area contributed by atoms with E-state index in [0.29, 0.717) is 14.8 Å². The van der Waals surface area contributed by atoms with Crippen LogP contribution in [0.4, 0.5) is 0 Å². The Morgan fingerprint density at radius 2 is 1.71 bits per heavy atom. The summed E-state index contributed by atoms with van der Waals surface area (Å²) in [6.45, 7) is 6.48. The third-order valence-corrected chi connectivity index (χ3v) is 1.22. The Balaban J connectivity index is 3.15. The molecule has 0 unspecified atom stereocenters. The van der Waals surface area contributed by atoms with Crippen LogP contribution in [0.3, 0.4) is 0 Å². The summed E-state index contributed by atoms with van der Waals surface area (Å²) in [6, 6.07) is 0. The first kappa shape index (κ1) is 7.18. The van der Waals surface area contributed by atoms with E-state index in [2.05, 4.69) is 20.8 Å². The molecule has 0 N–H and O–H groups in total. The Kier molecular flexibility index (Phi) is 2.54. The van der Waals surface area contributed by atoms with Gasteiger partial charge in [-0.05, 0) is 5.04 Å². The lowest BCUT2D eigenvalue weighted by Gasteiger charge is -2.12. The molecular formula is C5H12OSi. The molecule has 0 amide bonds. The molecule has 0 saturated carbocycles. The standard InChI is InChI=1S/C5H12OSi/c1-5(2,3)7-6-4/h1-4H3. The molecule has 0 aliphatic rings. The van der Waals surface area contributed by atoms with Crippen molar-refractivity contribution in [3.8, 4) is 0 Å². The summed E-state index contributed by atoms with van der Waals surface area (Å²) in [6.07, 6.45) is 0. The Hall–Kier alpha value is 0.177. The first-order valence-corrected chi connectivity index (χ1v) is 3.27. The predicted molar refractivity (Wildman–Crippen MR) is 32.5 cm³/mol. The zero-order valence-electron chi connectivity index (χ0n) is 5.41. The van der Waals surface area contributed by atoms with Crippen molar-refractivity contribution in [2.75, 3.05) is 7.11 Å². The highest BCUT2D eigenvalue weighted by Gasteiger charge is 2.10. The van der Waals surface area contributed by atoms with Crippen LogP contribution in [0, 0.1) is 0 Å². The fourth-order valence-electron chi connectivity index (χ4n) is 0.306. The lowest BCUT2D eigenvalue weighted by atomic mass is 10.3. The maximum absolute atomic E-state index is 4.93. The molecule has 0 aliphatic heterocycles. The molecule has 7 heavy (non-hydrogen) atoms. The van der Waals surface area contributed by atoms with Gasteiger partial charge in [-0.1, -0.05) is 20.8 Å². The SMILES string of the molecule is CO[Si]C(C)(C)C. The van der Waals surface area contributed by atoms with Gasteiger partial charge >= 0.3 is 0 Å². The molecule has 0 bridgehead atoms. The van der Waals surface area contributed by atoms with Gasteiger partial charge in [-0.2, -0.15) is 0 Å². The molecule has 0 atom stereocenters. The Morgan fingerprint density at radius 1 is 1.29 bits per heavy atom. The van der Waals surface area contributed by atoms with Crippen molar-refractivity contribution >= 4 is 9.76 Å². The van der Waals surface area contributed by atoms with E-state index in [9.17, 15) is 0 Å². The van der Waals surface area contributed by atoms with Crippen molar-refractivity contribution in [1.29, 1.82) is 0 Å². The molecule has 0 saturated heterocycles. The molecule has 0 aromatic carbocycles. The van der Waals surface area contributed by atoms with Crippen LogP contribution in [0.1, 0.15) is 20.8 Å². The molecular weight excluding hydrogens is 104 g/mol. The Bertz CT molecular complexity index is 46.5. The van der Waals surface area contributed by atoms with Gasteiger partial charge in [0.05, 0.1) is 0 Å². The maximum Gasteiger partial charge on any atom is 0.235 e. The fraction of sp³-hybridized carbons (Fsp3) is 1.00. The van der Waals surface area contributed by atoms with Crippen LogP contribution in [0.2, 0.25) is 5.04 Å². The number of hydrogen-bond donors (Lipinski definition) is 0. The third-order valence-electron chi connectivity index (χ3n) is 0.408. The number of hydrogen-bond acceptors (Lipinski definition) is 1. The maximum atomic E-state index is 4.93. The monoisotopic (exact) mass is 116 g/mol. The van der Waals surface area contributed by atoms with Gasteiger partial charge in [0.15, 0.2) is 0 Å². The van der Waals surface area contributed by atoms with Gasteiger partial charge < -0.3 is 4.43 Å². The van der Waals surface area contributed by atoms with Gasteiger partial charge in [-0.3, -0.25) is 0 Å². The van der Waals surface area contributed by atoms with Crippen molar-refractivity contribution in [3.63, 3.8) is 0 Å². The van der Waals surface area contributed by atoms with Crippen LogP contribution < -0.4 is 0 Å². The summed E-state index contributed by atoms with van der Waals surface area (Å²) in [5.74, 6) is 0. The summed E-state index contributed by atoms with van der Waals surface area (Å²) in [5.41, 5.74) is 0. The molecule has 0 spiro atoms. The summed E-state index contributed by atoms with van der Waals surface area (Å²) >= 11 is 0. The van der Waals surface area contributed by atoms with Gasteiger partial charge in [0, 0.05) is 7.11 Å². The van der Waals surface area contributed by atoms with Gasteiger partial charge in [-0.25, -0.2) is 0 Å². The molecule has 0 rings (SSSR count). The van der Waals surface area contributed by atoms with Crippen molar-refractivity contribution < 1.29 is 4.43 Å². The second kappa shape index (κ2) is 2.48. The summed E-state index contributed by atoms with van der Waals surface area (Å²) < 4.78 is 4.93. The molecule has 2 heteroatoms. The van der Waals surface area contributed by atoms with Crippen molar-refractivity contribution in [3.05, 3.63) is 0 Å². The molecule has 0 aromatic heterocycles. The van der Waals surface area contributed by atoms with E-state index in [1.54, 1.807) is 7.11 Å². The summed E-state index contributed by atoms with van der Waals surface area (Å²) in [7, 11) is 2.36. The van der Waals surface area contributed by atoms with Crippen LogP contribution >= 0.6 is 0 Å². The molecule has 2 radical (unpaired) electrons. The molecule has 0 aromatic rings. The van der Waals surface area contributed by atoms with E-state index in [1.807, 2.05) is 0 Å². The van der Waals surface area contributed by atoms with Crippen LogP contribution in [-0.2, 0) is 4.43 Å². The zero-order chi connectivity index (χ0) is 5.91. The largest absolute Gasteiger partial charge is 0.420 e. The van der Waals surface area contributed by atoms with Gasteiger partial charge in [0.2, 0.25) is 9.76 Å². The van der Waals surface area contributed by atoms with Gasteiger partial charge in [0.25, 0.3) is 0 Å². The number of rotatable bonds is 1. The molecule has 0 heterocycles. The highest BCUT2D eigenvalue weighted by Crippen LogP contribution is 2.18. The highest BCUT2D eigenvalue weighted by molar-refractivity contribution is 6.31. The van der Waals surface area contributed by atoms with Crippen molar-refractivity contribution in [1.82, 2.24) is 0 Å². The topological polar surface area (TPSA) is 9.23 Å². The van der Waals surface area contributed by atoms with Crippen molar-refractivity contribution in [2.45, 2.75) is 25.8 Å². The molecule has 0 fully saturated rings. The Morgan fingerprint density at radius 3 is 1.71 bits per heavy atom. The molecule has 1 nitrogen and oxygen atoms in total. The minimum absolute atomic E-state index is 0.356. The predicted octanol–water partition coefficient (Wildman–Crippen LogP) is 1.47. The fourth-order valence-corrected chi connectivity index (χ4v) is 0.919. The normalized spacial score (nSPS) is 12.0. The third kappa shape index (κ3) is 6.18. The van der Waals surface area contributed by atoms with E-state index < -0.39 is 0 Å². The highest BCUT2D eigenvalue weighted by atomic mass is 28.2. The second-order valence-corrected chi connectivity index (χ2v) is 4.67. The van der Waals surface area contributed by atoms with Crippen LogP contribution in [0.5, 0.6) is 0 Å². The minimum Gasteiger partial charge on any atom is -0.420 e. The van der Waals surface area contributed by atoms with E-state index in [-0.39, 0.29) is 0 Å². The summed E-state index contributed by atoms with van der Waals surface area (Å²) in [4.78, 5) is 0. The van der Waals surface area contributed by atoms with Gasteiger partial charge in [-0.15, -0.1) is 0 Å². The Labute approximate surface area is 48.0 Å². The van der Waals surface area contributed by atoms with Crippen LogP contribution in [0.25, 0.3) is 0 Å². The molecule has 0 aliphatic carbocycles. The summed E-state index contributed by atoms with van der Waals surface area (Å²) in [5, 5.41) is 0.356. The lowest BCUT2D eigenvalue weighted by Crippen LogP contribution is -2.09. The van der Waals surface area contributed by atoms with Crippen molar-refractivity contribution in [2.24, 2.45) is 0 Å². The van der Waals surface area contributed by atoms with Gasteiger partial charge in [0.1, 0.15) is 0 Å².